The number of para-hydroxylation sites is 1. The lowest BCUT2D eigenvalue weighted by atomic mass is 10.2. The second-order valence-electron chi connectivity index (χ2n) is 4.94. The number of nitrogens with one attached hydrogen (secondary N) is 2. The fraction of sp³-hybridized carbons (Fsp3) is 0.533. The number of morpholine rings is 1. The number of benzene rings is 1. The van der Waals surface area contributed by atoms with E-state index in [0.717, 1.165) is 6.54 Å². The summed E-state index contributed by atoms with van der Waals surface area (Å²) in [6.45, 7) is 2.80. The molecule has 1 saturated heterocycles. The van der Waals surface area contributed by atoms with Gasteiger partial charge < -0.3 is 24.8 Å². The first-order valence-corrected chi connectivity index (χ1v) is 7.59. The third-order valence-electron chi connectivity index (χ3n) is 3.21. The zero-order chi connectivity index (χ0) is 15.8. The van der Waals surface area contributed by atoms with Crippen LogP contribution in [0, 0.1) is 0 Å². The van der Waals surface area contributed by atoms with Gasteiger partial charge in [-0.15, -0.1) is 12.4 Å². The van der Waals surface area contributed by atoms with E-state index < -0.39 is 0 Å². The highest BCUT2D eigenvalue weighted by atomic mass is 35.5. The van der Waals surface area contributed by atoms with Gasteiger partial charge in [0.25, 0.3) is 0 Å². The predicted molar refractivity (Wildman–Crippen MR) is 91.9 cm³/mol. The first kappa shape index (κ1) is 20.0. The van der Waals surface area contributed by atoms with E-state index in [1.807, 2.05) is 0 Å². The van der Waals surface area contributed by atoms with Crippen molar-refractivity contribution in [2.45, 2.75) is 12.5 Å². The third-order valence-corrected chi connectivity index (χ3v) is 3.50. The Labute approximate surface area is 147 Å². The first-order chi connectivity index (χ1) is 10.7. The summed E-state index contributed by atoms with van der Waals surface area (Å²) in [5.74, 6) is 0.351. The van der Waals surface area contributed by atoms with E-state index in [-0.39, 0.29) is 24.4 Å². The molecule has 1 aromatic carbocycles. The molecule has 1 aliphatic rings. The van der Waals surface area contributed by atoms with Crippen LogP contribution in [-0.2, 0) is 14.3 Å². The molecule has 1 unspecified atom stereocenters. The number of carbonyl (C=O) groups is 1. The topological polar surface area (TPSA) is 68.8 Å². The summed E-state index contributed by atoms with van der Waals surface area (Å²) in [4.78, 5) is 12.1. The van der Waals surface area contributed by atoms with Gasteiger partial charge in [-0.1, -0.05) is 17.7 Å². The molecule has 2 rings (SSSR count). The van der Waals surface area contributed by atoms with Crippen molar-refractivity contribution in [3.8, 4) is 5.75 Å². The standard InChI is InChI=1S/C15H21ClN2O4.ClH/c1-20-7-8-22-15-12(16)3-2-4-13(15)18-14(19)9-11-10-21-6-5-17-11;/h2-4,11,17H,5-10H2,1H3,(H,18,19);1H. The molecule has 0 aliphatic carbocycles. The minimum atomic E-state index is -0.109. The Balaban J connectivity index is 0.00000264. The van der Waals surface area contributed by atoms with E-state index in [4.69, 9.17) is 25.8 Å². The summed E-state index contributed by atoms with van der Waals surface area (Å²) in [7, 11) is 1.60. The van der Waals surface area contributed by atoms with Crippen LogP contribution in [0.15, 0.2) is 18.2 Å². The van der Waals surface area contributed by atoms with Gasteiger partial charge in [-0.2, -0.15) is 0 Å². The number of methoxy groups -OCH3 is 1. The van der Waals surface area contributed by atoms with E-state index >= 15 is 0 Å². The van der Waals surface area contributed by atoms with Crippen LogP contribution in [0.1, 0.15) is 6.42 Å². The molecule has 130 valence electrons. The number of amides is 1. The van der Waals surface area contributed by atoms with Crippen molar-refractivity contribution < 1.29 is 19.0 Å². The molecule has 1 aromatic rings. The van der Waals surface area contributed by atoms with Gasteiger partial charge >= 0.3 is 0 Å². The Morgan fingerprint density at radius 2 is 2.30 bits per heavy atom. The highest BCUT2D eigenvalue weighted by molar-refractivity contribution is 6.32. The number of hydrogen-bond donors (Lipinski definition) is 2. The lowest BCUT2D eigenvalue weighted by Crippen LogP contribution is -2.43. The minimum Gasteiger partial charge on any atom is -0.487 e. The molecule has 0 saturated carbocycles. The SMILES string of the molecule is COCCOc1c(Cl)cccc1NC(=O)CC1COCCN1.Cl. The largest absolute Gasteiger partial charge is 0.487 e. The van der Waals surface area contributed by atoms with Crippen molar-refractivity contribution in [1.29, 1.82) is 0 Å². The summed E-state index contributed by atoms with van der Waals surface area (Å²) >= 11 is 6.13. The molecule has 0 spiro atoms. The van der Waals surface area contributed by atoms with E-state index in [9.17, 15) is 4.79 Å². The predicted octanol–water partition coefficient (Wildman–Crippen LogP) is 2.10. The van der Waals surface area contributed by atoms with Gasteiger partial charge in [0.1, 0.15) is 6.61 Å². The Morgan fingerprint density at radius 1 is 1.48 bits per heavy atom. The molecule has 1 atom stereocenters. The number of rotatable bonds is 7. The van der Waals surface area contributed by atoms with E-state index in [1.54, 1.807) is 25.3 Å². The molecule has 0 bridgehead atoms. The van der Waals surface area contributed by atoms with Gasteiger partial charge in [0.15, 0.2) is 5.75 Å². The van der Waals surface area contributed by atoms with Crippen molar-refractivity contribution in [2.75, 3.05) is 45.4 Å². The fourth-order valence-corrected chi connectivity index (χ4v) is 2.39. The lowest BCUT2D eigenvalue weighted by molar-refractivity contribution is -0.117. The summed E-state index contributed by atoms with van der Waals surface area (Å²) in [5.41, 5.74) is 0.560. The summed E-state index contributed by atoms with van der Waals surface area (Å²) < 4.78 is 15.9. The molecule has 0 aromatic heterocycles. The molecule has 23 heavy (non-hydrogen) atoms. The maximum Gasteiger partial charge on any atom is 0.226 e. The van der Waals surface area contributed by atoms with Gasteiger partial charge in [-0.3, -0.25) is 4.79 Å². The molecule has 1 amide bonds. The molecule has 1 heterocycles. The van der Waals surface area contributed by atoms with Crippen molar-refractivity contribution in [2.24, 2.45) is 0 Å². The van der Waals surface area contributed by atoms with Gasteiger partial charge in [0.05, 0.1) is 30.5 Å². The highest BCUT2D eigenvalue weighted by Crippen LogP contribution is 2.33. The van der Waals surface area contributed by atoms with Gasteiger partial charge in [0.2, 0.25) is 5.91 Å². The minimum absolute atomic E-state index is 0. The van der Waals surface area contributed by atoms with Crippen molar-refractivity contribution >= 4 is 35.6 Å². The Kier molecular flexibility index (Phi) is 9.28. The maximum atomic E-state index is 12.1. The summed E-state index contributed by atoms with van der Waals surface area (Å²) in [6.07, 6.45) is 0.337. The third kappa shape index (κ3) is 6.53. The molecule has 2 N–H and O–H groups in total. The zero-order valence-electron chi connectivity index (χ0n) is 13.0. The molecular formula is C15H22Cl2N2O4. The number of hydrogen-bond acceptors (Lipinski definition) is 5. The second-order valence-corrected chi connectivity index (χ2v) is 5.34. The van der Waals surface area contributed by atoms with Crippen LogP contribution in [-0.4, -0.2) is 52.0 Å². The zero-order valence-corrected chi connectivity index (χ0v) is 14.5. The van der Waals surface area contributed by atoms with Gasteiger partial charge in [0, 0.05) is 26.1 Å². The Morgan fingerprint density at radius 3 is 3.00 bits per heavy atom. The quantitative estimate of drug-likeness (QED) is 0.725. The van der Waals surface area contributed by atoms with Crippen LogP contribution in [0.25, 0.3) is 0 Å². The molecular weight excluding hydrogens is 343 g/mol. The average Bonchev–Trinajstić information content (AvgIpc) is 2.51. The van der Waals surface area contributed by atoms with Crippen LogP contribution in [0.4, 0.5) is 5.69 Å². The lowest BCUT2D eigenvalue weighted by Gasteiger charge is -2.23. The molecule has 0 radical (unpaired) electrons. The first-order valence-electron chi connectivity index (χ1n) is 7.22. The summed E-state index contributed by atoms with van der Waals surface area (Å²) in [5, 5.41) is 6.54. The van der Waals surface area contributed by atoms with Gasteiger partial charge in [-0.25, -0.2) is 0 Å². The van der Waals surface area contributed by atoms with Crippen LogP contribution in [0.5, 0.6) is 5.75 Å². The normalized spacial score (nSPS) is 17.2. The molecule has 1 aliphatic heterocycles. The van der Waals surface area contributed by atoms with Crippen LogP contribution in [0.3, 0.4) is 0 Å². The summed E-state index contributed by atoms with van der Waals surface area (Å²) in [6, 6.07) is 5.28. The average molecular weight is 365 g/mol. The Bertz CT molecular complexity index is 496. The fourth-order valence-electron chi connectivity index (χ4n) is 2.16. The maximum absolute atomic E-state index is 12.1. The van der Waals surface area contributed by atoms with E-state index in [2.05, 4.69) is 10.6 Å². The van der Waals surface area contributed by atoms with E-state index in [1.165, 1.54) is 0 Å². The number of ether oxygens (including phenoxy) is 3. The van der Waals surface area contributed by atoms with Crippen LogP contribution in [0.2, 0.25) is 5.02 Å². The number of carbonyl (C=O) groups excluding carboxylic acids is 1. The number of halogens is 2. The second kappa shape index (κ2) is 10.7. The van der Waals surface area contributed by atoms with Crippen molar-refractivity contribution in [1.82, 2.24) is 5.32 Å². The molecule has 8 heteroatoms. The molecule has 6 nitrogen and oxygen atoms in total. The van der Waals surface area contributed by atoms with Gasteiger partial charge in [-0.05, 0) is 12.1 Å². The monoisotopic (exact) mass is 364 g/mol. The highest BCUT2D eigenvalue weighted by Gasteiger charge is 2.18. The van der Waals surface area contributed by atoms with Crippen molar-refractivity contribution in [3.05, 3.63) is 23.2 Å². The number of anilines is 1. The smallest absolute Gasteiger partial charge is 0.226 e. The molecule has 1 fully saturated rings. The van der Waals surface area contributed by atoms with E-state index in [0.29, 0.717) is 49.3 Å². The van der Waals surface area contributed by atoms with Crippen LogP contribution < -0.4 is 15.4 Å². The van der Waals surface area contributed by atoms with Crippen LogP contribution >= 0.6 is 24.0 Å². The Hall–Kier alpha value is -1.05. The van der Waals surface area contributed by atoms with Crippen molar-refractivity contribution in [3.63, 3.8) is 0 Å².